The zero-order chi connectivity index (χ0) is 12.5. The Balaban J connectivity index is 1.83. The molecule has 1 aliphatic rings. The standard InChI is InChI=1S/C14H17N3O/c15-13-2-1-3-14-16-11(9-17(13)14)8-10-4-6-12(18)7-5-10/h4-7,9,13,18H,1-3,8,15H2. The van der Waals surface area contributed by atoms with Gasteiger partial charge in [0.1, 0.15) is 11.6 Å². The number of phenolic OH excluding ortho intramolecular Hbond substituents is 1. The molecule has 1 atom stereocenters. The van der Waals surface area contributed by atoms with Crippen LogP contribution in [0.25, 0.3) is 0 Å². The third-order valence-corrected chi connectivity index (χ3v) is 3.44. The van der Waals surface area contributed by atoms with Crippen molar-refractivity contribution in [1.29, 1.82) is 0 Å². The smallest absolute Gasteiger partial charge is 0.115 e. The fraction of sp³-hybridized carbons (Fsp3) is 0.357. The molecule has 0 spiro atoms. The minimum atomic E-state index is 0.0785. The highest BCUT2D eigenvalue weighted by Crippen LogP contribution is 2.22. The number of nitrogens with zero attached hydrogens (tertiary/aromatic N) is 2. The van der Waals surface area contributed by atoms with E-state index in [0.717, 1.165) is 42.8 Å². The fourth-order valence-corrected chi connectivity index (χ4v) is 2.48. The van der Waals surface area contributed by atoms with Gasteiger partial charge in [0.25, 0.3) is 0 Å². The number of imidazole rings is 1. The molecule has 0 aliphatic carbocycles. The van der Waals surface area contributed by atoms with Gasteiger partial charge in [0.2, 0.25) is 0 Å². The number of rotatable bonds is 2. The lowest BCUT2D eigenvalue weighted by molar-refractivity contribution is 0.408. The summed E-state index contributed by atoms with van der Waals surface area (Å²) in [5.41, 5.74) is 8.26. The molecule has 0 amide bonds. The molecule has 2 aromatic rings. The average Bonchev–Trinajstić information content (AvgIpc) is 2.76. The van der Waals surface area contributed by atoms with Crippen LogP contribution in [0.1, 0.15) is 36.1 Å². The van der Waals surface area contributed by atoms with Gasteiger partial charge in [-0.05, 0) is 30.5 Å². The highest BCUT2D eigenvalue weighted by atomic mass is 16.3. The van der Waals surface area contributed by atoms with Gasteiger partial charge in [-0.2, -0.15) is 0 Å². The molecule has 0 fully saturated rings. The van der Waals surface area contributed by atoms with Gasteiger partial charge in [-0.25, -0.2) is 4.98 Å². The van der Waals surface area contributed by atoms with E-state index in [9.17, 15) is 5.11 Å². The van der Waals surface area contributed by atoms with E-state index in [1.807, 2.05) is 12.1 Å². The second kappa shape index (κ2) is 4.46. The molecule has 4 heteroatoms. The monoisotopic (exact) mass is 243 g/mol. The maximum Gasteiger partial charge on any atom is 0.115 e. The van der Waals surface area contributed by atoms with Crippen molar-refractivity contribution in [2.24, 2.45) is 5.73 Å². The van der Waals surface area contributed by atoms with E-state index in [4.69, 9.17) is 5.73 Å². The van der Waals surface area contributed by atoms with E-state index < -0.39 is 0 Å². The maximum absolute atomic E-state index is 9.25. The van der Waals surface area contributed by atoms with Crippen molar-refractivity contribution < 1.29 is 5.11 Å². The number of hydrogen-bond donors (Lipinski definition) is 2. The lowest BCUT2D eigenvalue weighted by Crippen LogP contribution is -2.24. The Hall–Kier alpha value is -1.81. The molecule has 1 unspecified atom stereocenters. The summed E-state index contributed by atoms with van der Waals surface area (Å²) in [6, 6.07) is 7.26. The zero-order valence-corrected chi connectivity index (χ0v) is 10.2. The number of aryl methyl sites for hydroxylation is 1. The summed E-state index contributed by atoms with van der Waals surface area (Å²) in [5, 5.41) is 9.25. The number of aromatic hydroxyl groups is 1. The number of benzene rings is 1. The van der Waals surface area contributed by atoms with Gasteiger partial charge >= 0.3 is 0 Å². The van der Waals surface area contributed by atoms with Gasteiger partial charge < -0.3 is 15.4 Å². The molecule has 0 bridgehead atoms. The van der Waals surface area contributed by atoms with Crippen LogP contribution < -0.4 is 5.73 Å². The van der Waals surface area contributed by atoms with Crippen LogP contribution in [0, 0.1) is 0 Å². The summed E-state index contributed by atoms with van der Waals surface area (Å²) in [6.45, 7) is 0. The number of nitrogens with two attached hydrogens (primary N) is 1. The molecule has 4 nitrogen and oxygen atoms in total. The van der Waals surface area contributed by atoms with Crippen molar-refractivity contribution in [2.75, 3.05) is 0 Å². The Labute approximate surface area is 106 Å². The molecule has 3 N–H and O–H groups in total. The van der Waals surface area contributed by atoms with Gasteiger partial charge in [-0.3, -0.25) is 0 Å². The van der Waals surface area contributed by atoms with Crippen molar-refractivity contribution in [3.05, 3.63) is 47.5 Å². The molecule has 1 aliphatic heterocycles. The molecule has 0 radical (unpaired) electrons. The third-order valence-electron chi connectivity index (χ3n) is 3.44. The minimum absolute atomic E-state index is 0.0785. The predicted octanol–water partition coefficient (Wildman–Crippen LogP) is 1.97. The average molecular weight is 243 g/mol. The van der Waals surface area contributed by atoms with Crippen molar-refractivity contribution in [3.63, 3.8) is 0 Å². The second-order valence-electron chi connectivity index (χ2n) is 4.86. The highest BCUT2D eigenvalue weighted by Gasteiger charge is 2.18. The SMILES string of the molecule is NC1CCCc2nc(Cc3ccc(O)cc3)cn21. The summed E-state index contributed by atoms with van der Waals surface area (Å²) in [5.74, 6) is 1.40. The number of fused-ring (bicyclic) bond motifs is 1. The van der Waals surface area contributed by atoms with E-state index in [-0.39, 0.29) is 6.17 Å². The first kappa shape index (κ1) is 11.3. The number of hydrogen-bond acceptors (Lipinski definition) is 3. The second-order valence-corrected chi connectivity index (χ2v) is 4.86. The van der Waals surface area contributed by atoms with Crippen LogP contribution in [0.15, 0.2) is 30.5 Å². The normalized spacial score (nSPS) is 18.6. The molecule has 94 valence electrons. The Kier molecular flexibility index (Phi) is 2.80. The van der Waals surface area contributed by atoms with Crippen molar-refractivity contribution in [3.8, 4) is 5.75 Å². The molecular formula is C14H17N3O. The van der Waals surface area contributed by atoms with Gasteiger partial charge in [-0.1, -0.05) is 12.1 Å². The Morgan fingerprint density at radius 1 is 1.33 bits per heavy atom. The van der Waals surface area contributed by atoms with E-state index in [2.05, 4.69) is 15.7 Å². The molecule has 0 saturated carbocycles. The molecule has 3 rings (SSSR count). The Morgan fingerprint density at radius 3 is 2.83 bits per heavy atom. The summed E-state index contributed by atoms with van der Waals surface area (Å²) in [7, 11) is 0. The molecule has 1 aromatic heterocycles. The fourth-order valence-electron chi connectivity index (χ4n) is 2.48. The highest BCUT2D eigenvalue weighted by molar-refractivity contribution is 5.28. The van der Waals surface area contributed by atoms with Crippen LogP contribution in [0.5, 0.6) is 5.75 Å². The number of phenols is 1. The van der Waals surface area contributed by atoms with Crippen LogP contribution in [0.4, 0.5) is 0 Å². The van der Waals surface area contributed by atoms with Crippen LogP contribution in [-0.4, -0.2) is 14.7 Å². The zero-order valence-electron chi connectivity index (χ0n) is 10.2. The quantitative estimate of drug-likeness (QED) is 0.847. The minimum Gasteiger partial charge on any atom is -0.508 e. The van der Waals surface area contributed by atoms with E-state index in [1.165, 1.54) is 0 Å². The first-order valence-electron chi connectivity index (χ1n) is 6.32. The van der Waals surface area contributed by atoms with Gasteiger partial charge in [0.05, 0.1) is 11.9 Å². The molecular weight excluding hydrogens is 226 g/mol. The van der Waals surface area contributed by atoms with Crippen molar-refractivity contribution in [1.82, 2.24) is 9.55 Å². The Morgan fingerprint density at radius 2 is 2.11 bits per heavy atom. The molecule has 0 saturated heterocycles. The van der Waals surface area contributed by atoms with Gasteiger partial charge in [0.15, 0.2) is 0 Å². The molecule has 1 aromatic carbocycles. The first-order valence-corrected chi connectivity index (χ1v) is 6.32. The number of aromatic nitrogens is 2. The predicted molar refractivity (Wildman–Crippen MR) is 69.3 cm³/mol. The molecule has 18 heavy (non-hydrogen) atoms. The summed E-state index contributed by atoms with van der Waals surface area (Å²) in [4.78, 5) is 4.64. The van der Waals surface area contributed by atoms with Crippen LogP contribution in [0.3, 0.4) is 0 Å². The summed E-state index contributed by atoms with van der Waals surface area (Å²) in [6.07, 6.45) is 6.09. The van der Waals surface area contributed by atoms with Gasteiger partial charge in [0, 0.05) is 19.0 Å². The van der Waals surface area contributed by atoms with E-state index in [0.29, 0.717) is 5.75 Å². The van der Waals surface area contributed by atoms with E-state index >= 15 is 0 Å². The molecule has 2 heterocycles. The largest absolute Gasteiger partial charge is 0.508 e. The van der Waals surface area contributed by atoms with E-state index in [1.54, 1.807) is 12.1 Å². The van der Waals surface area contributed by atoms with Crippen LogP contribution in [0.2, 0.25) is 0 Å². The Bertz CT molecular complexity index is 545. The summed E-state index contributed by atoms with van der Waals surface area (Å²) < 4.78 is 2.10. The summed E-state index contributed by atoms with van der Waals surface area (Å²) >= 11 is 0. The van der Waals surface area contributed by atoms with Crippen LogP contribution in [-0.2, 0) is 12.8 Å². The maximum atomic E-state index is 9.25. The lowest BCUT2D eigenvalue weighted by atomic mass is 10.1. The van der Waals surface area contributed by atoms with Crippen LogP contribution >= 0.6 is 0 Å². The first-order chi connectivity index (χ1) is 8.72. The topological polar surface area (TPSA) is 64.1 Å². The third kappa shape index (κ3) is 2.11. The van der Waals surface area contributed by atoms with Crippen molar-refractivity contribution >= 4 is 0 Å². The van der Waals surface area contributed by atoms with Crippen molar-refractivity contribution in [2.45, 2.75) is 31.8 Å². The van der Waals surface area contributed by atoms with Gasteiger partial charge in [-0.15, -0.1) is 0 Å². The lowest BCUT2D eigenvalue weighted by Gasteiger charge is -2.20.